The fourth-order valence-electron chi connectivity index (χ4n) is 2.71. The topological polar surface area (TPSA) is 56.0 Å². The fourth-order valence-corrected chi connectivity index (χ4v) is 3.58. The van der Waals surface area contributed by atoms with Gasteiger partial charge in [-0.1, -0.05) is 18.2 Å². The number of benzene rings is 2. The van der Waals surface area contributed by atoms with Gasteiger partial charge in [-0.2, -0.15) is 0 Å². The van der Waals surface area contributed by atoms with Crippen LogP contribution >= 0.6 is 11.8 Å². The van der Waals surface area contributed by atoms with E-state index < -0.39 is 5.25 Å². The molecule has 0 saturated heterocycles. The van der Waals surface area contributed by atoms with Crippen LogP contribution in [-0.4, -0.2) is 20.5 Å². The Bertz CT molecular complexity index is 1010. The molecule has 7 heteroatoms. The van der Waals surface area contributed by atoms with Crippen molar-refractivity contribution in [3.05, 3.63) is 76.5 Å². The monoisotopic (exact) mass is 385 g/mol. The van der Waals surface area contributed by atoms with E-state index in [4.69, 9.17) is 0 Å². The molecule has 0 aliphatic rings. The predicted molar refractivity (Wildman–Crippen MR) is 106 cm³/mol. The minimum absolute atomic E-state index is 0.262. The van der Waals surface area contributed by atoms with Crippen molar-refractivity contribution >= 4 is 23.4 Å². The summed E-state index contributed by atoms with van der Waals surface area (Å²) in [6.07, 6.45) is 0. The molecule has 0 unspecified atom stereocenters. The predicted octanol–water partition coefficient (Wildman–Crippen LogP) is 3.74. The van der Waals surface area contributed by atoms with Crippen LogP contribution in [0.4, 0.5) is 10.1 Å². The van der Waals surface area contributed by atoms with Crippen molar-refractivity contribution in [3.63, 3.8) is 0 Å². The number of amides is 1. The van der Waals surface area contributed by atoms with Crippen LogP contribution in [-0.2, 0) is 11.8 Å². The molecule has 140 valence electrons. The lowest BCUT2D eigenvalue weighted by molar-refractivity contribution is -0.115. The molecule has 27 heavy (non-hydrogen) atoms. The summed E-state index contributed by atoms with van der Waals surface area (Å²) in [5.74, 6) is -0.604. The summed E-state index contributed by atoms with van der Waals surface area (Å²) in [6.45, 7) is 3.53. The van der Waals surface area contributed by atoms with E-state index in [1.807, 2.05) is 30.3 Å². The molecule has 1 N–H and O–H groups in total. The lowest BCUT2D eigenvalue weighted by atomic mass is 10.3. The van der Waals surface area contributed by atoms with Gasteiger partial charge in [0.2, 0.25) is 5.91 Å². The number of thioether (sulfide) groups is 1. The average molecular weight is 385 g/mol. The number of rotatable bonds is 5. The van der Waals surface area contributed by atoms with E-state index in [9.17, 15) is 14.0 Å². The first-order chi connectivity index (χ1) is 12.9. The maximum absolute atomic E-state index is 13.0. The van der Waals surface area contributed by atoms with E-state index in [0.29, 0.717) is 5.69 Å². The van der Waals surface area contributed by atoms with Crippen LogP contribution < -0.4 is 10.9 Å². The summed E-state index contributed by atoms with van der Waals surface area (Å²) in [6, 6.07) is 15.2. The van der Waals surface area contributed by atoms with Gasteiger partial charge in [-0.05, 0) is 50.2 Å². The molecule has 1 heterocycles. The van der Waals surface area contributed by atoms with Crippen molar-refractivity contribution in [1.82, 2.24) is 9.36 Å². The molecule has 3 rings (SSSR count). The van der Waals surface area contributed by atoms with E-state index in [-0.39, 0.29) is 23.0 Å². The Balaban J connectivity index is 1.82. The normalized spacial score (nSPS) is 12.0. The second kappa shape index (κ2) is 7.84. The molecule has 0 spiro atoms. The summed E-state index contributed by atoms with van der Waals surface area (Å²) >= 11 is 1.30. The number of carbonyl (C=O) groups is 1. The van der Waals surface area contributed by atoms with Gasteiger partial charge in [0.1, 0.15) is 11.5 Å². The molecule has 1 aromatic heterocycles. The van der Waals surface area contributed by atoms with Crippen molar-refractivity contribution in [1.29, 1.82) is 0 Å². The van der Waals surface area contributed by atoms with Crippen molar-refractivity contribution < 1.29 is 9.18 Å². The van der Waals surface area contributed by atoms with Crippen LogP contribution in [0.1, 0.15) is 12.6 Å². The fraction of sp³-hybridized carbons (Fsp3) is 0.200. The molecule has 5 nitrogen and oxygen atoms in total. The molecular weight excluding hydrogens is 365 g/mol. The molecular formula is C20H20FN3O2S. The second-order valence-corrected chi connectivity index (χ2v) is 7.55. The Labute approximate surface area is 160 Å². The van der Waals surface area contributed by atoms with Gasteiger partial charge in [0.25, 0.3) is 5.56 Å². The highest BCUT2D eigenvalue weighted by molar-refractivity contribution is 8.00. The van der Waals surface area contributed by atoms with Gasteiger partial charge in [-0.3, -0.25) is 14.3 Å². The van der Waals surface area contributed by atoms with Crippen LogP contribution in [0.3, 0.4) is 0 Å². The summed E-state index contributed by atoms with van der Waals surface area (Å²) in [4.78, 5) is 26.2. The Hall–Kier alpha value is -2.80. The Morgan fingerprint density at radius 1 is 1.11 bits per heavy atom. The molecule has 0 bridgehead atoms. The maximum Gasteiger partial charge on any atom is 0.295 e. The van der Waals surface area contributed by atoms with E-state index >= 15 is 0 Å². The Morgan fingerprint density at radius 3 is 2.37 bits per heavy atom. The number of halogens is 1. The highest BCUT2D eigenvalue weighted by atomic mass is 32.2. The second-order valence-electron chi connectivity index (χ2n) is 6.14. The Morgan fingerprint density at radius 2 is 1.74 bits per heavy atom. The summed E-state index contributed by atoms with van der Waals surface area (Å²) in [5.41, 5.74) is 1.37. The number of nitrogens with one attached hydrogen (secondary N) is 1. The molecule has 0 saturated carbocycles. The third kappa shape index (κ3) is 3.98. The SMILES string of the molecule is Cc1c(NC(=O)[C@H](C)Sc2ccc(F)cc2)c(=O)n(-c2ccccc2)n1C. The van der Waals surface area contributed by atoms with Gasteiger partial charge in [-0.15, -0.1) is 11.8 Å². The van der Waals surface area contributed by atoms with E-state index in [0.717, 1.165) is 10.6 Å². The van der Waals surface area contributed by atoms with E-state index in [2.05, 4.69) is 5.32 Å². The van der Waals surface area contributed by atoms with Gasteiger partial charge >= 0.3 is 0 Å². The molecule has 0 fully saturated rings. The highest BCUT2D eigenvalue weighted by Gasteiger charge is 2.21. The van der Waals surface area contributed by atoms with Gasteiger partial charge < -0.3 is 5.32 Å². The largest absolute Gasteiger partial charge is 0.319 e. The van der Waals surface area contributed by atoms with Crippen molar-refractivity contribution in [2.75, 3.05) is 5.32 Å². The van der Waals surface area contributed by atoms with Crippen molar-refractivity contribution in [2.24, 2.45) is 7.05 Å². The van der Waals surface area contributed by atoms with E-state index in [1.165, 1.54) is 28.6 Å². The number of carbonyl (C=O) groups excluding carboxylic acids is 1. The zero-order chi connectivity index (χ0) is 19.6. The number of hydrogen-bond donors (Lipinski definition) is 1. The highest BCUT2D eigenvalue weighted by Crippen LogP contribution is 2.24. The molecule has 3 aromatic rings. The van der Waals surface area contributed by atoms with Crippen molar-refractivity contribution in [3.8, 4) is 5.69 Å². The zero-order valence-electron chi connectivity index (χ0n) is 15.3. The smallest absolute Gasteiger partial charge is 0.295 e. The maximum atomic E-state index is 13.0. The number of anilines is 1. The average Bonchev–Trinajstić information content (AvgIpc) is 2.87. The first-order valence-corrected chi connectivity index (χ1v) is 9.33. The van der Waals surface area contributed by atoms with Crippen LogP contribution in [0.2, 0.25) is 0 Å². The van der Waals surface area contributed by atoms with Crippen LogP contribution in [0.15, 0.2) is 64.3 Å². The lowest BCUT2D eigenvalue weighted by Crippen LogP contribution is -2.27. The zero-order valence-corrected chi connectivity index (χ0v) is 16.1. The van der Waals surface area contributed by atoms with Crippen LogP contribution in [0.25, 0.3) is 5.69 Å². The van der Waals surface area contributed by atoms with Gasteiger partial charge in [0, 0.05) is 11.9 Å². The molecule has 2 aromatic carbocycles. The van der Waals surface area contributed by atoms with Crippen LogP contribution in [0.5, 0.6) is 0 Å². The van der Waals surface area contributed by atoms with Gasteiger partial charge in [0.05, 0.1) is 16.6 Å². The molecule has 1 amide bonds. The first-order valence-electron chi connectivity index (χ1n) is 8.45. The van der Waals surface area contributed by atoms with Crippen LogP contribution in [0, 0.1) is 12.7 Å². The number of nitrogens with zero attached hydrogens (tertiary/aromatic N) is 2. The standard InChI is InChI=1S/C20H20FN3O2S/c1-13-18(20(26)24(23(13)3)16-7-5-4-6-8-16)22-19(25)14(2)27-17-11-9-15(21)10-12-17/h4-12,14H,1-3H3,(H,22,25)/t14-/m0/s1. The van der Waals surface area contributed by atoms with E-state index in [1.54, 1.807) is 37.7 Å². The lowest BCUT2D eigenvalue weighted by Gasteiger charge is -2.11. The van der Waals surface area contributed by atoms with Gasteiger partial charge in [-0.25, -0.2) is 9.07 Å². The summed E-state index contributed by atoms with van der Waals surface area (Å²) < 4.78 is 16.2. The molecule has 0 radical (unpaired) electrons. The minimum atomic E-state index is -0.445. The van der Waals surface area contributed by atoms with Crippen molar-refractivity contribution in [2.45, 2.75) is 24.0 Å². The summed E-state index contributed by atoms with van der Waals surface area (Å²) in [7, 11) is 1.77. The number of hydrogen-bond acceptors (Lipinski definition) is 3. The molecule has 1 atom stereocenters. The van der Waals surface area contributed by atoms with Gasteiger partial charge in [0.15, 0.2) is 0 Å². The summed E-state index contributed by atoms with van der Waals surface area (Å²) in [5, 5.41) is 2.31. The molecule has 0 aliphatic heterocycles. The third-order valence-electron chi connectivity index (χ3n) is 4.30. The third-order valence-corrected chi connectivity index (χ3v) is 5.41. The Kier molecular flexibility index (Phi) is 5.51. The first kappa shape index (κ1) is 19.0. The quantitative estimate of drug-likeness (QED) is 0.681. The number of para-hydroxylation sites is 1. The molecule has 0 aliphatic carbocycles. The minimum Gasteiger partial charge on any atom is -0.319 e. The number of aromatic nitrogens is 2.